The first-order valence-corrected chi connectivity index (χ1v) is 13.5. The van der Waals surface area contributed by atoms with Crippen molar-refractivity contribution in [3.8, 4) is 23.0 Å². The molecular formula is C24H25F4N5O4S. The highest BCUT2D eigenvalue weighted by atomic mass is 32.2. The molecule has 0 aliphatic carbocycles. The zero-order chi connectivity index (χ0) is 27.3. The number of nitrogens with zero attached hydrogens (tertiary/aromatic N) is 4. The molecule has 0 radical (unpaired) electrons. The van der Waals surface area contributed by atoms with Crippen molar-refractivity contribution in [2.75, 3.05) is 30.6 Å². The molecule has 1 aliphatic heterocycles. The molecule has 38 heavy (non-hydrogen) atoms. The van der Waals surface area contributed by atoms with E-state index in [1.54, 1.807) is 24.5 Å². The Balaban J connectivity index is 1.51. The topological polar surface area (TPSA) is 107 Å². The van der Waals surface area contributed by atoms with Crippen molar-refractivity contribution in [1.29, 1.82) is 0 Å². The average molecular weight is 556 g/mol. The van der Waals surface area contributed by atoms with E-state index < -0.39 is 28.6 Å². The fourth-order valence-corrected chi connectivity index (χ4v) is 4.45. The number of rotatable bonds is 9. The number of piperidine rings is 1. The lowest BCUT2D eigenvalue weighted by atomic mass is 10.1. The number of sulfonamides is 1. The SMILES string of the molecule is CS(=O)(=O)Nc1cc(-c2nc(OC3CCN(CC(F)(F)F)CC3)ccc2F)cnc1OCc1ccncc1. The highest BCUT2D eigenvalue weighted by Gasteiger charge is 2.33. The predicted octanol–water partition coefficient (Wildman–Crippen LogP) is 4.03. The summed E-state index contributed by atoms with van der Waals surface area (Å²) in [5.41, 5.74) is 0.790. The van der Waals surface area contributed by atoms with Gasteiger partial charge in [0.05, 0.1) is 12.8 Å². The smallest absolute Gasteiger partial charge is 0.401 e. The van der Waals surface area contributed by atoms with Crippen molar-refractivity contribution in [2.45, 2.75) is 31.7 Å². The molecule has 14 heteroatoms. The normalized spacial score (nSPS) is 15.3. The van der Waals surface area contributed by atoms with Crippen molar-refractivity contribution in [3.63, 3.8) is 0 Å². The molecule has 1 fully saturated rings. The molecule has 1 saturated heterocycles. The Labute approximate surface area is 216 Å². The van der Waals surface area contributed by atoms with E-state index in [4.69, 9.17) is 9.47 Å². The van der Waals surface area contributed by atoms with Gasteiger partial charge in [0.1, 0.15) is 29.9 Å². The van der Waals surface area contributed by atoms with E-state index in [1.165, 1.54) is 23.2 Å². The lowest BCUT2D eigenvalue weighted by molar-refractivity contribution is -0.149. The number of nitrogens with one attached hydrogen (secondary N) is 1. The van der Waals surface area contributed by atoms with E-state index in [2.05, 4.69) is 19.7 Å². The van der Waals surface area contributed by atoms with Crippen molar-refractivity contribution < 1.29 is 35.5 Å². The Morgan fingerprint density at radius 1 is 1.13 bits per heavy atom. The monoisotopic (exact) mass is 555 g/mol. The standard InChI is InChI=1S/C24H25F4N5O4S/c1-38(34,35)32-20-12-17(13-30-23(20)36-14-16-4-8-29-9-5-16)22-19(25)2-3-21(31-22)37-18-6-10-33(11-7-18)15-24(26,27)28/h2-5,8-9,12-13,18,32H,6-7,10-11,14-15H2,1H3. The molecule has 4 rings (SSSR count). The maximum absolute atomic E-state index is 14.7. The Morgan fingerprint density at radius 2 is 1.84 bits per heavy atom. The van der Waals surface area contributed by atoms with E-state index in [9.17, 15) is 26.0 Å². The van der Waals surface area contributed by atoms with Crippen LogP contribution in [0.25, 0.3) is 11.3 Å². The molecule has 9 nitrogen and oxygen atoms in total. The molecule has 3 aromatic rings. The number of ether oxygens (including phenoxy) is 2. The van der Waals surface area contributed by atoms with Crippen LogP contribution in [0.5, 0.6) is 11.8 Å². The summed E-state index contributed by atoms with van der Waals surface area (Å²) in [4.78, 5) is 13.6. The molecule has 0 amide bonds. The maximum atomic E-state index is 14.7. The summed E-state index contributed by atoms with van der Waals surface area (Å²) in [7, 11) is -3.73. The summed E-state index contributed by atoms with van der Waals surface area (Å²) in [6, 6.07) is 7.27. The van der Waals surface area contributed by atoms with Crippen LogP contribution < -0.4 is 14.2 Å². The van der Waals surface area contributed by atoms with Gasteiger partial charge in [-0.15, -0.1) is 0 Å². The van der Waals surface area contributed by atoms with Crippen LogP contribution in [0.3, 0.4) is 0 Å². The Bertz CT molecular complexity index is 1350. The summed E-state index contributed by atoms with van der Waals surface area (Å²) >= 11 is 0. The van der Waals surface area contributed by atoms with Gasteiger partial charge >= 0.3 is 6.18 Å². The van der Waals surface area contributed by atoms with Gasteiger partial charge in [-0.3, -0.25) is 14.6 Å². The number of pyridine rings is 3. The van der Waals surface area contributed by atoms with Gasteiger partial charge in [-0.05, 0) is 42.7 Å². The van der Waals surface area contributed by atoms with E-state index in [1.807, 2.05) is 0 Å². The second-order valence-corrected chi connectivity index (χ2v) is 10.5. The van der Waals surface area contributed by atoms with Crippen LogP contribution in [0.2, 0.25) is 0 Å². The second-order valence-electron chi connectivity index (χ2n) is 8.78. The zero-order valence-electron chi connectivity index (χ0n) is 20.3. The number of anilines is 1. The highest BCUT2D eigenvalue weighted by molar-refractivity contribution is 7.92. The Kier molecular flexibility index (Phi) is 8.31. The van der Waals surface area contributed by atoms with Gasteiger partial charge < -0.3 is 9.47 Å². The summed E-state index contributed by atoms with van der Waals surface area (Å²) < 4.78 is 90.3. The quantitative estimate of drug-likeness (QED) is 0.395. The summed E-state index contributed by atoms with van der Waals surface area (Å²) in [6.07, 6.45) is 1.49. The first-order valence-electron chi connectivity index (χ1n) is 11.6. The number of likely N-dealkylation sites (tertiary alicyclic amines) is 1. The molecule has 1 N–H and O–H groups in total. The van der Waals surface area contributed by atoms with Crippen molar-refractivity contribution in [3.05, 3.63) is 60.3 Å². The van der Waals surface area contributed by atoms with Crippen LogP contribution in [-0.4, -0.2) is 66.4 Å². The number of alkyl halides is 3. The van der Waals surface area contributed by atoms with E-state index in [-0.39, 0.29) is 54.5 Å². The lowest BCUT2D eigenvalue weighted by Gasteiger charge is -2.32. The minimum absolute atomic E-state index is 0.0105. The van der Waals surface area contributed by atoms with Crippen molar-refractivity contribution >= 4 is 15.7 Å². The largest absolute Gasteiger partial charge is 0.474 e. The molecular weight excluding hydrogens is 530 g/mol. The fraction of sp³-hybridized carbons (Fsp3) is 0.375. The molecule has 0 spiro atoms. The third-order valence-electron chi connectivity index (χ3n) is 5.59. The first kappa shape index (κ1) is 27.5. The lowest BCUT2D eigenvalue weighted by Crippen LogP contribution is -2.42. The third-order valence-corrected chi connectivity index (χ3v) is 6.18. The van der Waals surface area contributed by atoms with Crippen molar-refractivity contribution in [2.24, 2.45) is 0 Å². The van der Waals surface area contributed by atoms with Gasteiger partial charge in [-0.25, -0.2) is 22.8 Å². The zero-order valence-corrected chi connectivity index (χ0v) is 21.1. The van der Waals surface area contributed by atoms with Gasteiger partial charge in [-0.1, -0.05) is 0 Å². The number of hydrogen-bond acceptors (Lipinski definition) is 8. The first-order chi connectivity index (χ1) is 17.9. The molecule has 0 saturated carbocycles. The highest BCUT2D eigenvalue weighted by Crippen LogP contribution is 2.31. The number of halogens is 4. The van der Waals surface area contributed by atoms with Crippen LogP contribution in [-0.2, 0) is 16.6 Å². The molecule has 1 aliphatic rings. The summed E-state index contributed by atoms with van der Waals surface area (Å²) in [5, 5.41) is 0. The fourth-order valence-electron chi connectivity index (χ4n) is 3.90. The molecule has 4 heterocycles. The van der Waals surface area contributed by atoms with Gasteiger partial charge in [0.2, 0.25) is 21.8 Å². The summed E-state index contributed by atoms with van der Waals surface area (Å²) in [6.45, 7) is -0.462. The predicted molar refractivity (Wildman–Crippen MR) is 131 cm³/mol. The van der Waals surface area contributed by atoms with E-state index >= 15 is 0 Å². The molecule has 0 aromatic carbocycles. The van der Waals surface area contributed by atoms with Crippen LogP contribution in [0.4, 0.5) is 23.2 Å². The van der Waals surface area contributed by atoms with Gasteiger partial charge in [-0.2, -0.15) is 13.2 Å². The average Bonchev–Trinajstić information content (AvgIpc) is 2.84. The third kappa shape index (κ3) is 7.99. The Morgan fingerprint density at radius 3 is 2.50 bits per heavy atom. The van der Waals surface area contributed by atoms with E-state index in [0.29, 0.717) is 12.8 Å². The van der Waals surface area contributed by atoms with Gasteiger partial charge in [0.15, 0.2) is 0 Å². The van der Waals surface area contributed by atoms with Crippen LogP contribution >= 0.6 is 0 Å². The molecule has 0 unspecified atom stereocenters. The van der Waals surface area contributed by atoms with Crippen LogP contribution in [0, 0.1) is 5.82 Å². The number of aromatic nitrogens is 3. The summed E-state index contributed by atoms with van der Waals surface area (Å²) in [5.74, 6) is -0.629. The van der Waals surface area contributed by atoms with Gasteiger partial charge in [0, 0.05) is 43.3 Å². The minimum atomic E-state index is -4.26. The van der Waals surface area contributed by atoms with Gasteiger partial charge in [0.25, 0.3) is 0 Å². The number of hydrogen-bond donors (Lipinski definition) is 1. The molecule has 0 atom stereocenters. The molecule has 0 bridgehead atoms. The maximum Gasteiger partial charge on any atom is 0.401 e. The van der Waals surface area contributed by atoms with Crippen LogP contribution in [0.1, 0.15) is 18.4 Å². The van der Waals surface area contributed by atoms with Crippen LogP contribution in [0.15, 0.2) is 48.9 Å². The second kappa shape index (κ2) is 11.5. The Hall–Kier alpha value is -3.52. The minimum Gasteiger partial charge on any atom is -0.474 e. The van der Waals surface area contributed by atoms with Crippen molar-refractivity contribution in [1.82, 2.24) is 19.9 Å². The molecule has 3 aromatic heterocycles. The van der Waals surface area contributed by atoms with E-state index in [0.717, 1.165) is 17.9 Å². The molecule has 204 valence electrons.